The Morgan fingerprint density at radius 1 is 1.27 bits per heavy atom. The van der Waals surface area contributed by atoms with Gasteiger partial charge in [-0.3, -0.25) is 5.32 Å². The quantitative estimate of drug-likeness (QED) is 0.743. The summed E-state index contributed by atoms with van der Waals surface area (Å²) in [7, 11) is 0. The van der Waals surface area contributed by atoms with E-state index in [1.54, 1.807) is 12.1 Å². The van der Waals surface area contributed by atoms with E-state index in [4.69, 9.17) is 4.74 Å². The van der Waals surface area contributed by atoms with Crippen molar-refractivity contribution in [2.24, 2.45) is 0 Å². The molecule has 0 heterocycles. The molecule has 1 unspecified atom stereocenters. The van der Waals surface area contributed by atoms with Crippen molar-refractivity contribution in [1.29, 1.82) is 0 Å². The molecule has 1 aliphatic carbocycles. The van der Waals surface area contributed by atoms with E-state index in [9.17, 15) is 9.90 Å². The van der Waals surface area contributed by atoms with E-state index in [0.717, 1.165) is 22.0 Å². The molecule has 0 saturated carbocycles. The second-order valence-electron chi connectivity index (χ2n) is 5.31. The highest BCUT2D eigenvalue weighted by molar-refractivity contribution is 14.1. The highest BCUT2D eigenvalue weighted by Crippen LogP contribution is 2.28. The van der Waals surface area contributed by atoms with Crippen molar-refractivity contribution < 1.29 is 14.6 Å². The third-order valence-electron chi connectivity index (χ3n) is 3.70. The molecule has 0 aliphatic heterocycles. The maximum atomic E-state index is 12.1. The fourth-order valence-corrected chi connectivity index (χ4v) is 3.17. The van der Waals surface area contributed by atoms with Crippen LogP contribution in [0.2, 0.25) is 0 Å². The zero-order valence-corrected chi connectivity index (χ0v) is 14.0. The van der Waals surface area contributed by atoms with Gasteiger partial charge in [-0.15, -0.1) is 0 Å². The summed E-state index contributed by atoms with van der Waals surface area (Å²) in [4.78, 5) is 12.1. The number of hydrogen-bond donors (Lipinski definition) is 2. The molecule has 0 radical (unpaired) electrons. The number of hydrogen-bond acceptors (Lipinski definition) is 3. The Kier molecular flexibility index (Phi) is 4.63. The van der Waals surface area contributed by atoms with E-state index in [2.05, 4.69) is 27.9 Å². The number of aliphatic hydroxyl groups excluding tert-OH is 1. The Labute approximate surface area is 142 Å². The molecule has 0 spiro atoms. The minimum absolute atomic E-state index is 0.345. The molecule has 22 heavy (non-hydrogen) atoms. The number of fused-ring (bicyclic) bond motifs is 1. The van der Waals surface area contributed by atoms with Crippen LogP contribution in [0.5, 0.6) is 5.75 Å². The highest BCUT2D eigenvalue weighted by atomic mass is 127. The van der Waals surface area contributed by atoms with Gasteiger partial charge < -0.3 is 9.84 Å². The van der Waals surface area contributed by atoms with Crippen LogP contribution in [0.3, 0.4) is 0 Å². The van der Waals surface area contributed by atoms with Gasteiger partial charge in [0.2, 0.25) is 0 Å². The number of benzene rings is 2. The molecule has 2 aromatic rings. The second kappa shape index (κ2) is 6.66. The molecular formula is C17H16INO3. The van der Waals surface area contributed by atoms with Gasteiger partial charge in [0.05, 0.1) is 6.10 Å². The topological polar surface area (TPSA) is 58.6 Å². The maximum Gasteiger partial charge on any atom is 0.417 e. The van der Waals surface area contributed by atoms with Gasteiger partial charge in [-0.1, -0.05) is 18.2 Å². The van der Waals surface area contributed by atoms with Gasteiger partial charge in [-0.05, 0) is 70.8 Å². The van der Waals surface area contributed by atoms with Crippen LogP contribution in [0.4, 0.5) is 10.5 Å². The first-order chi connectivity index (χ1) is 10.6. The fraction of sp³-hybridized carbons (Fsp3) is 0.235. The number of carbonyl (C=O) groups excluding carboxylic acids is 1. The third-order valence-corrected chi connectivity index (χ3v) is 4.37. The average Bonchev–Trinajstić information content (AvgIpc) is 2.48. The summed E-state index contributed by atoms with van der Waals surface area (Å²) in [6.45, 7) is 0. The summed E-state index contributed by atoms with van der Waals surface area (Å²) >= 11 is 2.17. The van der Waals surface area contributed by atoms with Crippen molar-refractivity contribution in [3.05, 3.63) is 57.2 Å². The number of aliphatic hydroxyl groups is 1. The molecule has 0 bridgehead atoms. The molecule has 4 nitrogen and oxygen atoms in total. The number of halogens is 1. The summed E-state index contributed by atoms with van der Waals surface area (Å²) in [5.41, 5.74) is 2.89. The lowest BCUT2D eigenvalue weighted by atomic mass is 9.88. The van der Waals surface area contributed by atoms with Crippen LogP contribution in [0.25, 0.3) is 0 Å². The molecule has 0 saturated heterocycles. The Hall–Kier alpha value is -1.60. The van der Waals surface area contributed by atoms with Gasteiger partial charge in [0.1, 0.15) is 5.75 Å². The fourth-order valence-electron chi connectivity index (χ4n) is 2.66. The number of carbonyl (C=O) groups is 1. The van der Waals surface area contributed by atoms with Crippen LogP contribution in [-0.4, -0.2) is 17.3 Å². The number of aryl methyl sites for hydroxylation is 1. The number of ether oxygens (including phenoxy) is 1. The van der Waals surface area contributed by atoms with Gasteiger partial charge in [0, 0.05) is 15.7 Å². The van der Waals surface area contributed by atoms with E-state index >= 15 is 0 Å². The Morgan fingerprint density at radius 3 is 2.91 bits per heavy atom. The summed E-state index contributed by atoms with van der Waals surface area (Å²) < 4.78 is 6.30. The van der Waals surface area contributed by atoms with Crippen molar-refractivity contribution in [2.45, 2.75) is 25.4 Å². The first-order valence-electron chi connectivity index (χ1n) is 7.15. The number of amides is 1. The monoisotopic (exact) mass is 409 g/mol. The molecule has 114 valence electrons. The van der Waals surface area contributed by atoms with Crippen molar-refractivity contribution in [3.8, 4) is 5.75 Å². The Balaban J connectivity index is 1.74. The van der Waals surface area contributed by atoms with Gasteiger partial charge in [-0.25, -0.2) is 4.79 Å². The summed E-state index contributed by atoms with van der Waals surface area (Å²) in [6.07, 6.45) is 1.30. The van der Waals surface area contributed by atoms with E-state index in [-0.39, 0.29) is 6.10 Å². The molecule has 3 rings (SSSR count). The molecule has 2 aromatic carbocycles. The Morgan fingerprint density at radius 2 is 2.09 bits per heavy atom. The number of rotatable bonds is 2. The van der Waals surface area contributed by atoms with Gasteiger partial charge in [0.15, 0.2) is 0 Å². The van der Waals surface area contributed by atoms with Crippen molar-refractivity contribution >= 4 is 34.4 Å². The smallest absolute Gasteiger partial charge is 0.410 e. The van der Waals surface area contributed by atoms with E-state index in [1.165, 1.54) is 5.56 Å². The molecule has 0 aromatic heterocycles. The SMILES string of the molecule is O=C(Nc1cccc2c1CC(O)CC2)Oc1cccc(I)c1. The number of nitrogens with one attached hydrogen (secondary N) is 1. The normalized spacial score (nSPS) is 16.7. The van der Waals surface area contributed by atoms with Crippen LogP contribution in [0, 0.1) is 3.57 Å². The van der Waals surface area contributed by atoms with Gasteiger partial charge in [0.25, 0.3) is 0 Å². The summed E-state index contributed by atoms with van der Waals surface area (Å²) in [5, 5.41) is 12.6. The van der Waals surface area contributed by atoms with Crippen molar-refractivity contribution in [3.63, 3.8) is 0 Å². The highest BCUT2D eigenvalue weighted by Gasteiger charge is 2.20. The molecule has 1 atom stereocenters. The first-order valence-corrected chi connectivity index (χ1v) is 8.23. The van der Waals surface area contributed by atoms with Crippen LogP contribution in [0.1, 0.15) is 17.5 Å². The second-order valence-corrected chi connectivity index (χ2v) is 6.56. The molecule has 0 fully saturated rings. The predicted molar refractivity (Wildman–Crippen MR) is 93.3 cm³/mol. The molecule has 5 heteroatoms. The van der Waals surface area contributed by atoms with Crippen molar-refractivity contribution in [1.82, 2.24) is 0 Å². The zero-order valence-electron chi connectivity index (χ0n) is 11.9. The van der Waals surface area contributed by atoms with Crippen molar-refractivity contribution in [2.75, 3.05) is 5.32 Å². The van der Waals surface area contributed by atoms with Crippen LogP contribution < -0.4 is 10.1 Å². The minimum atomic E-state index is -0.518. The first kappa shape index (κ1) is 15.3. The summed E-state index contributed by atoms with van der Waals surface area (Å²) in [6, 6.07) is 13.1. The van der Waals surface area contributed by atoms with E-state index in [0.29, 0.717) is 17.9 Å². The standard InChI is InChI=1S/C17H16INO3/c18-12-4-2-5-14(9-12)22-17(21)19-16-6-1-3-11-7-8-13(20)10-15(11)16/h1-6,9,13,20H,7-8,10H2,(H,19,21). The lowest BCUT2D eigenvalue weighted by Gasteiger charge is -2.23. The van der Waals surface area contributed by atoms with E-state index < -0.39 is 6.09 Å². The molecular weight excluding hydrogens is 393 g/mol. The van der Waals surface area contributed by atoms with E-state index in [1.807, 2.05) is 30.3 Å². The lowest BCUT2D eigenvalue weighted by molar-refractivity contribution is 0.158. The Bertz CT molecular complexity index is 702. The zero-order chi connectivity index (χ0) is 15.5. The van der Waals surface area contributed by atoms with Crippen LogP contribution in [0.15, 0.2) is 42.5 Å². The third kappa shape index (κ3) is 3.59. The number of anilines is 1. The van der Waals surface area contributed by atoms with Gasteiger partial charge in [-0.2, -0.15) is 0 Å². The average molecular weight is 409 g/mol. The van der Waals surface area contributed by atoms with Crippen LogP contribution >= 0.6 is 22.6 Å². The summed E-state index contributed by atoms with van der Waals surface area (Å²) in [5.74, 6) is 0.509. The van der Waals surface area contributed by atoms with Gasteiger partial charge >= 0.3 is 6.09 Å². The van der Waals surface area contributed by atoms with Crippen LogP contribution in [-0.2, 0) is 12.8 Å². The lowest BCUT2D eigenvalue weighted by Crippen LogP contribution is -2.23. The molecule has 1 amide bonds. The maximum absolute atomic E-state index is 12.1. The largest absolute Gasteiger partial charge is 0.417 e. The predicted octanol–water partition coefficient (Wildman–Crippen LogP) is 3.75. The molecule has 1 aliphatic rings. The molecule has 2 N–H and O–H groups in total. The minimum Gasteiger partial charge on any atom is -0.410 e.